The fourth-order valence-corrected chi connectivity index (χ4v) is 5.15. The molecular formula is C25H37N5O5. The fraction of sp³-hybridized carbons (Fsp3) is 0.600. The number of rotatable bonds is 3. The van der Waals surface area contributed by atoms with Crippen LogP contribution in [0.5, 0.6) is 0 Å². The van der Waals surface area contributed by atoms with E-state index < -0.39 is 35.6 Å². The van der Waals surface area contributed by atoms with Crippen LogP contribution < -0.4 is 16.0 Å². The molecule has 4 atom stereocenters. The van der Waals surface area contributed by atoms with Gasteiger partial charge in [0.25, 0.3) is 0 Å². The Morgan fingerprint density at radius 2 is 1.71 bits per heavy atom. The summed E-state index contributed by atoms with van der Waals surface area (Å²) in [7, 11) is 0. The zero-order valence-electron chi connectivity index (χ0n) is 21.2. The van der Waals surface area contributed by atoms with Gasteiger partial charge in [-0.3, -0.25) is 5.41 Å². The van der Waals surface area contributed by atoms with Crippen LogP contribution in [0.25, 0.3) is 0 Å². The van der Waals surface area contributed by atoms with Gasteiger partial charge in [-0.1, -0.05) is 54.2 Å². The Balaban J connectivity index is 1.70. The second-order valence-electron chi connectivity index (χ2n) is 11.8. The predicted molar refractivity (Wildman–Crippen MR) is 131 cm³/mol. The summed E-state index contributed by atoms with van der Waals surface area (Å²) >= 11 is 0. The smallest absolute Gasteiger partial charge is 0.338 e. The van der Waals surface area contributed by atoms with E-state index >= 15 is 0 Å². The van der Waals surface area contributed by atoms with Crippen LogP contribution >= 0.6 is 0 Å². The molecule has 35 heavy (non-hydrogen) atoms. The molecule has 10 nitrogen and oxygen atoms in total. The molecule has 3 saturated heterocycles. The molecule has 0 amide bonds. The summed E-state index contributed by atoms with van der Waals surface area (Å²) in [4.78, 5) is 14.8. The van der Waals surface area contributed by atoms with Gasteiger partial charge in [0.2, 0.25) is 5.79 Å². The largest absolute Gasteiger partial charge is 0.451 e. The number of guanidine groups is 1. The second-order valence-corrected chi connectivity index (χ2v) is 11.8. The molecule has 10 heteroatoms. The maximum atomic E-state index is 13.4. The van der Waals surface area contributed by atoms with E-state index in [4.69, 9.17) is 10.1 Å². The van der Waals surface area contributed by atoms with Gasteiger partial charge in [0.1, 0.15) is 0 Å². The van der Waals surface area contributed by atoms with Crippen LogP contribution in [0.4, 0.5) is 0 Å². The van der Waals surface area contributed by atoms with Gasteiger partial charge in [0.05, 0.1) is 36.6 Å². The molecule has 3 fully saturated rings. The maximum absolute atomic E-state index is 13.4. The molecule has 0 saturated carbocycles. The lowest BCUT2D eigenvalue weighted by molar-refractivity contribution is -0.258. The van der Waals surface area contributed by atoms with Crippen LogP contribution in [0, 0.1) is 5.41 Å². The lowest BCUT2D eigenvalue weighted by atomic mass is 9.79. The van der Waals surface area contributed by atoms with E-state index in [0.717, 1.165) is 11.1 Å². The molecule has 7 N–H and O–H groups in total. The van der Waals surface area contributed by atoms with E-state index in [1.165, 1.54) is 4.90 Å². The van der Waals surface area contributed by atoms with E-state index in [2.05, 4.69) is 70.1 Å². The SMILES string of the molecule is C=C1N[C@H]2[C@H](CO)NC(=N)N3C[C@H](OC(=O)c4cc(C(C)(C)C)cc(C(C)(C)C)c4)C(O)(O)[C@]23N1. The zero-order valence-corrected chi connectivity index (χ0v) is 21.2. The van der Waals surface area contributed by atoms with E-state index in [1.54, 1.807) is 12.1 Å². The molecule has 1 spiro atoms. The summed E-state index contributed by atoms with van der Waals surface area (Å²) < 4.78 is 5.73. The molecule has 0 bridgehead atoms. The van der Waals surface area contributed by atoms with Crippen molar-refractivity contribution in [1.29, 1.82) is 5.41 Å². The van der Waals surface area contributed by atoms with Crippen LogP contribution in [0.1, 0.15) is 63.0 Å². The van der Waals surface area contributed by atoms with Crippen molar-refractivity contribution in [1.82, 2.24) is 20.9 Å². The molecule has 0 aliphatic carbocycles. The fourth-order valence-electron chi connectivity index (χ4n) is 5.15. The van der Waals surface area contributed by atoms with Gasteiger partial charge in [-0.25, -0.2) is 4.79 Å². The number of aliphatic hydroxyl groups excluding tert-OH is 1. The Hall–Kier alpha value is -2.82. The highest BCUT2D eigenvalue weighted by Crippen LogP contribution is 2.45. The first-order valence-electron chi connectivity index (χ1n) is 11.8. The first-order valence-corrected chi connectivity index (χ1v) is 11.8. The standard InChI is InChI=1S/C25H37N5O5/c1-13-27-19-17(12-31)28-21(26)30-11-18(25(33,34)24(19,30)29-13)35-20(32)14-8-15(22(2,3)4)10-16(9-14)23(5,6)7/h8-10,17-19,27,29,31,33-34H,1,11-12H2,2-7H3,(H2,26,28)/t17-,18-,19-,24-/m0/s1. The molecule has 3 aliphatic rings. The van der Waals surface area contributed by atoms with Crippen LogP contribution in [-0.2, 0) is 15.6 Å². The number of nitrogens with zero attached hydrogens (tertiary/aromatic N) is 1. The summed E-state index contributed by atoms with van der Waals surface area (Å²) in [6, 6.07) is 4.18. The van der Waals surface area contributed by atoms with Crippen molar-refractivity contribution in [3.63, 3.8) is 0 Å². The van der Waals surface area contributed by atoms with Crippen molar-refractivity contribution in [3.05, 3.63) is 47.3 Å². The minimum atomic E-state index is -2.60. The van der Waals surface area contributed by atoms with Gasteiger partial charge < -0.3 is 40.9 Å². The number of ether oxygens (including phenoxy) is 1. The highest BCUT2D eigenvalue weighted by atomic mass is 16.6. The summed E-state index contributed by atoms with van der Waals surface area (Å²) in [6.45, 7) is 15.7. The van der Waals surface area contributed by atoms with Crippen LogP contribution in [-0.4, -0.2) is 74.9 Å². The molecule has 0 radical (unpaired) electrons. The summed E-state index contributed by atoms with van der Waals surface area (Å²) in [6.07, 6.45) is -1.38. The van der Waals surface area contributed by atoms with Crippen molar-refractivity contribution in [2.24, 2.45) is 0 Å². The first kappa shape index (κ1) is 25.3. The van der Waals surface area contributed by atoms with Gasteiger partial charge in [0, 0.05) is 0 Å². The third kappa shape index (κ3) is 3.84. The Bertz CT molecular complexity index is 1040. The van der Waals surface area contributed by atoms with Gasteiger partial charge in [-0.15, -0.1) is 0 Å². The number of aliphatic hydroxyl groups is 3. The van der Waals surface area contributed by atoms with E-state index in [1.807, 2.05) is 0 Å². The lowest BCUT2D eigenvalue weighted by Crippen LogP contribution is -2.80. The summed E-state index contributed by atoms with van der Waals surface area (Å²) in [5.74, 6) is -3.10. The minimum Gasteiger partial charge on any atom is -0.451 e. The molecule has 3 aliphatic heterocycles. The van der Waals surface area contributed by atoms with E-state index in [-0.39, 0.29) is 29.9 Å². The lowest BCUT2D eigenvalue weighted by Gasteiger charge is -2.50. The minimum absolute atomic E-state index is 0.125. The zero-order chi connectivity index (χ0) is 26.1. The summed E-state index contributed by atoms with van der Waals surface area (Å²) in [5, 5.41) is 49.9. The highest BCUT2D eigenvalue weighted by Gasteiger charge is 2.74. The highest BCUT2D eigenvalue weighted by molar-refractivity contribution is 5.90. The molecule has 0 aromatic heterocycles. The molecule has 192 valence electrons. The Kier molecular flexibility index (Phi) is 5.66. The monoisotopic (exact) mass is 487 g/mol. The van der Waals surface area contributed by atoms with Crippen molar-refractivity contribution in [2.75, 3.05) is 13.2 Å². The quantitative estimate of drug-likeness (QED) is 0.238. The first-order chi connectivity index (χ1) is 16.0. The topological polar surface area (TPSA) is 150 Å². The Morgan fingerprint density at radius 1 is 1.14 bits per heavy atom. The molecule has 4 rings (SSSR count). The van der Waals surface area contributed by atoms with Crippen molar-refractivity contribution in [3.8, 4) is 0 Å². The number of nitrogens with one attached hydrogen (secondary N) is 4. The van der Waals surface area contributed by atoms with Crippen LogP contribution in [0.3, 0.4) is 0 Å². The number of carbonyl (C=O) groups excluding carboxylic acids is 1. The van der Waals surface area contributed by atoms with Gasteiger partial charge >= 0.3 is 5.97 Å². The van der Waals surface area contributed by atoms with Gasteiger partial charge in [-0.05, 0) is 34.1 Å². The average molecular weight is 488 g/mol. The van der Waals surface area contributed by atoms with Crippen LogP contribution in [0.15, 0.2) is 30.6 Å². The normalized spacial score (nSPS) is 29.6. The van der Waals surface area contributed by atoms with E-state index in [9.17, 15) is 20.1 Å². The van der Waals surface area contributed by atoms with Gasteiger partial charge in [0.15, 0.2) is 17.7 Å². The molecule has 1 aromatic carbocycles. The summed E-state index contributed by atoms with van der Waals surface area (Å²) in [5.41, 5.74) is 0.165. The van der Waals surface area contributed by atoms with Crippen LogP contribution in [0.2, 0.25) is 0 Å². The average Bonchev–Trinajstić information content (AvgIpc) is 3.21. The number of esters is 1. The van der Waals surface area contributed by atoms with Gasteiger partial charge in [-0.2, -0.15) is 0 Å². The molecule has 3 heterocycles. The van der Waals surface area contributed by atoms with Crippen molar-refractivity contribution in [2.45, 2.75) is 82.0 Å². The molecule has 1 aromatic rings. The second kappa shape index (κ2) is 7.84. The Labute approximate surface area is 205 Å². The van der Waals surface area contributed by atoms with Crippen molar-refractivity contribution < 1.29 is 24.9 Å². The number of carbonyl (C=O) groups is 1. The van der Waals surface area contributed by atoms with E-state index in [0.29, 0.717) is 11.4 Å². The molecular weight excluding hydrogens is 450 g/mol. The number of hydrogen-bond donors (Lipinski definition) is 7. The predicted octanol–water partition coefficient (Wildman–Crippen LogP) is 0.431. The third-order valence-electron chi connectivity index (χ3n) is 7.25. The maximum Gasteiger partial charge on any atom is 0.338 e. The number of benzene rings is 1. The third-order valence-corrected chi connectivity index (χ3v) is 7.25. The Morgan fingerprint density at radius 3 is 2.23 bits per heavy atom. The molecule has 0 unspecified atom stereocenters. The van der Waals surface area contributed by atoms with Crippen molar-refractivity contribution >= 4 is 11.9 Å². The number of hydrogen-bond acceptors (Lipinski definition) is 8.